The van der Waals surface area contributed by atoms with Crippen molar-refractivity contribution in [3.05, 3.63) is 29.8 Å². The largest absolute Gasteiger partial charge is 0.328 e. The number of hydrogen-bond donors (Lipinski definition) is 1. The Balaban J connectivity index is 2.06. The van der Waals surface area contributed by atoms with E-state index < -0.39 is 0 Å². The van der Waals surface area contributed by atoms with E-state index in [2.05, 4.69) is 23.9 Å². The Bertz CT molecular complexity index is 385. The fraction of sp³-hybridized carbons (Fsp3) is 0.667. The first-order valence-electron chi connectivity index (χ1n) is 7.20. The van der Waals surface area contributed by atoms with Crippen LogP contribution in [0.5, 0.6) is 0 Å². The van der Waals surface area contributed by atoms with Crippen LogP contribution >= 0.6 is 0 Å². The highest BCUT2D eigenvalue weighted by Crippen LogP contribution is 2.29. The quantitative estimate of drug-likeness (QED) is 0.910. The predicted molar refractivity (Wildman–Crippen MR) is 75.2 cm³/mol. The number of aromatic nitrogens is 1. The number of nitrogens with two attached hydrogens (primary N) is 1. The van der Waals surface area contributed by atoms with Gasteiger partial charge in [-0.25, -0.2) is 4.39 Å². The van der Waals surface area contributed by atoms with Crippen LogP contribution < -0.4 is 5.73 Å². The molecule has 0 saturated heterocycles. The second-order valence-electron chi connectivity index (χ2n) is 5.56. The average molecular weight is 265 g/mol. The summed E-state index contributed by atoms with van der Waals surface area (Å²) < 4.78 is 13.0. The maximum absolute atomic E-state index is 13.0. The molecule has 2 N–H and O–H groups in total. The smallest absolute Gasteiger partial charge is 0.141 e. The van der Waals surface area contributed by atoms with Gasteiger partial charge in [0.25, 0.3) is 0 Å². The van der Waals surface area contributed by atoms with Gasteiger partial charge in [0.05, 0.1) is 17.9 Å². The molecule has 1 heterocycles. The Morgan fingerprint density at radius 3 is 2.58 bits per heavy atom. The molecule has 1 unspecified atom stereocenters. The molecule has 1 atom stereocenters. The highest BCUT2D eigenvalue weighted by atomic mass is 19.1. The molecule has 106 valence electrons. The standard InChI is InChI=1S/C15H24FN3/c1-3-15(14-9-4-11(16)10-18-14)19(2)13-7-5-12(17)6-8-13/h4,9-10,12-13,15H,3,5-8,17H2,1-2H3. The third-order valence-electron chi connectivity index (χ3n) is 4.29. The molecular formula is C15H24FN3. The molecule has 1 saturated carbocycles. The summed E-state index contributed by atoms with van der Waals surface area (Å²) in [5.41, 5.74) is 6.92. The zero-order valence-corrected chi connectivity index (χ0v) is 11.8. The summed E-state index contributed by atoms with van der Waals surface area (Å²) in [6, 6.07) is 4.50. The molecule has 0 aliphatic heterocycles. The molecule has 0 amide bonds. The molecule has 19 heavy (non-hydrogen) atoms. The Morgan fingerprint density at radius 1 is 1.37 bits per heavy atom. The fourth-order valence-electron chi connectivity index (χ4n) is 3.05. The van der Waals surface area contributed by atoms with Crippen LogP contribution in [0.15, 0.2) is 18.3 Å². The van der Waals surface area contributed by atoms with Gasteiger partial charge in [0, 0.05) is 12.1 Å². The summed E-state index contributed by atoms with van der Waals surface area (Å²) in [6.45, 7) is 2.15. The van der Waals surface area contributed by atoms with Crippen LogP contribution in [0.25, 0.3) is 0 Å². The molecular weight excluding hydrogens is 241 g/mol. The molecule has 0 aromatic carbocycles. The van der Waals surface area contributed by atoms with Crippen molar-refractivity contribution in [3.8, 4) is 0 Å². The molecule has 1 aliphatic rings. The van der Waals surface area contributed by atoms with Crippen molar-refractivity contribution >= 4 is 0 Å². The van der Waals surface area contributed by atoms with E-state index in [9.17, 15) is 4.39 Å². The summed E-state index contributed by atoms with van der Waals surface area (Å²) in [6.07, 6.45) is 6.79. The number of hydrogen-bond acceptors (Lipinski definition) is 3. The zero-order chi connectivity index (χ0) is 13.8. The lowest BCUT2D eigenvalue weighted by molar-refractivity contribution is 0.126. The van der Waals surface area contributed by atoms with Gasteiger partial charge < -0.3 is 5.73 Å². The summed E-state index contributed by atoms with van der Waals surface area (Å²) in [7, 11) is 2.15. The van der Waals surface area contributed by atoms with Crippen LogP contribution in [0, 0.1) is 5.82 Å². The lowest BCUT2D eigenvalue weighted by Crippen LogP contribution is -2.40. The number of rotatable bonds is 4. The first-order valence-corrected chi connectivity index (χ1v) is 7.20. The Kier molecular flexibility index (Phi) is 4.88. The third-order valence-corrected chi connectivity index (χ3v) is 4.29. The SMILES string of the molecule is CCC(c1ccc(F)cn1)N(C)C1CCC(N)CC1. The van der Waals surface area contributed by atoms with Gasteiger partial charge >= 0.3 is 0 Å². The number of pyridine rings is 1. The third kappa shape index (κ3) is 3.51. The molecule has 0 spiro atoms. The minimum absolute atomic E-state index is 0.264. The normalized spacial score (nSPS) is 25.5. The topological polar surface area (TPSA) is 42.2 Å². The second-order valence-corrected chi connectivity index (χ2v) is 5.56. The number of nitrogens with zero attached hydrogens (tertiary/aromatic N) is 2. The van der Waals surface area contributed by atoms with Crippen LogP contribution in [-0.4, -0.2) is 29.0 Å². The van der Waals surface area contributed by atoms with Crippen molar-refractivity contribution in [2.45, 2.75) is 57.2 Å². The van der Waals surface area contributed by atoms with E-state index in [4.69, 9.17) is 5.73 Å². The maximum Gasteiger partial charge on any atom is 0.141 e. The monoisotopic (exact) mass is 265 g/mol. The Labute approximate surface area is 115 Å². The molecule has 0 radical (unpaired) electrons. The van der Waals surface area contributed by atoms with Gasteiger partial charge in [0.2, 0.25) is 0 Å². The van der Waals surface area contributed by atoms with E-state index in [1.165, 1.54) is 12.3 Å². The van der Waals surface area contributed by atoms with E-state index in [0.29, 0.717) is 12.1 Å². The van der Waals surface area contributed by atoms with Gasteiger partial charge in [-0.05, 0) is 51.3 Å². The van der Waals surface area contributed by atoms with Crippen LogP contribution in [0.1, 0.15) is 50.8 Å². The van der Waals surface area contributed by atoms with E-state index in [-0.39, 0.29) is 11.9 Å². The van der Waals surface area contributed by atoms with Crippen LogP contribution in [0.4, 0.5) is 4.39 Å². The van der Waals surface area contributed by atoms with Gasteiger partial charge in [-0.2, -0.15) is 0 Å². The molecule has 1 aromatic rings. The van der Waals surface area contributed by atoms with Crippen LogP contribution in [0.2, 0.25) is 0 Å². The minimum atomic E-state index is -0.273. The molecule has 3 nitrogen and oxygen atoms in total. The van der Waals surface area contributed by atoms with Gasteiger partial charge in [0.15, 0.2) is 0 Å². The van der Waals surface area contributed by atoms with Gasteiger partial charge in [-0.1, -0.05) is 6.92 Å². The van der Waals surface area contributed by atoms with Crippen molar-refractivity contribution < 1.29 is 4.39 Å². The van der Waals surface area contributed by atoms with E-state index >= 15 is 0 Å². The highest BCUT2D eigenvalue weighted by molar-refractivity contribution is 5.10. The number of halogens is 1. The minimum Gasteiger partial charge on any atom is -0.328 e. The van der Waals surface area contributed by atoms with Gasteiger partial charge in [0.1, 0.15) is 5.82 Å². The molecule has 1 aromatic heterocycles. The van der Waals surface area contributed by atoms with Gasteiger partial charge in [-0.15, -0.1) is 0 Å². The van der Waals surface area contributed by atoms with Crippen LogP contribution in [0.3, 0.4) is 0 Å². The molecule has 2 rings (SSSR count). The fourth-order valence-corrected chi connectivity index (χ4v) is 3.05. The summed E-state index contributed by atoms with van der Waals surface area (Å²) in [5, 5.41) is 0. The Morgan fingerprint density at radius 2 is 2.05 bits per heavy atom. The van der Waals surface area contributed by atoms with Crippen LogP contribution in [-0.2, 0) is 0 Å². The van der Waals surface area contributed by atoms with E-state index in [0.717, 1.165) is 37.8 Å². The zero-order valence-electron chi connectivity index (χ0n) is 11.8. The lowest BCUT2D eigenvalue weighted by atomic mass is 9.89. The van der Waals surface area contributed by atoms with Gasteiger partial charge in [-0.3, -0.25) is 9.88 Å². The summed E-state index contributed by atoms with van der Waals surface area (Å²) in [5.74, 6) is -0.273. The van der Waals surface area contributed by atoms with E-state index in [1.807, 2.05) is 0 Å². The van der Waals surface area contributed by atoms with Crippen molar-refractivity contribution in [1.82, 2.24) is 9.88 Å². The first kappa shape index (κ1) is 14.4. The molecule has 1 aliphatic carbocycles. The molecule has 1 fully saturated rings. The van der Waals surface area contributed by atoms with Crippen molar-refractivity contribution in [1.29, 1.82) is 0 Å². The summed E-state index contributed by atoms with van der Waals surface area (Å²) in [4.78, 5) is 6.63. The predicted octanol–water partition coefficient (Wildman–Crippen LogP) is 2.87. The van der Waals surface area contributed by atoms with E-state index in [1.54, 1.807) is 6.07 Å². The first-order chi connectivity index (χ1) is 9.11. The van der Waals surface area contributed by atoms with Crippen molar-refractivity contribution in [3.63, 3.8) is 0 Å². The maximum atomic E-state index is 13.0. The summed E-state index contributed by atoms with van der Waals surface area (Å²) >= 11 is 0. The van der Waals surface area contributed by atoms with Crippen molar-refractivity contribution in [2.75, 3.05) is 7.05 Å². The molecule has 4 heteroatoms. The average Bonchev–Trinajstić information content (AvgIpc) is 2.42. The molecule has 0 bridgehead atoms. The lowest BCUT2D eigenvalue weighted by Gasteiger charge is -2.38. The highest BCUT2D eigenvalue weighted by Gasteiger charge is 2.27. The van der Waals surface area contributed by atoms with Crippen molar-refractivity contribution in [2.24, 2.45) is 5.73 Å². The second kappa shape index (κ2) is 6.44. The Hall–Kier alpha value is -1.00.